The number of H-pyrrole nitrogens is 1. The van der Waals surface area contributed by atoms with Gasteiger partial charge in [-0.3, -0.25) is 14.7 Å². The predicted octanol–water partition coefficient (Wildman–Crippen LogP) is 5.69. The highest BCUT2D eigenvalue weighted by Gasteiger charge is 2.21. The van der Waals surface area contributed by atoms with Gasteiger partial charge in [0.05, 0.1) is 0 Å². The van der Waals surface area contributed by atoms with Crippen LogP contribution >= 0.6 is 0 Å². The van der Waals surface area contributed by atoms with Crippen LogP contribution in [-0.2, 0) is 30.7 Å². The Kier molecular flexibility index (Phi) is 7.36. The Morgan fingerprint density at radius 1 is 1.03 bits per heavy atom. The van der Waals surface area contributed by atoms with Gasteiger partial charge in [0.25, 0.3) is 12.3 Å². The van der Waals surface area contributed by atoms with Gasteiger partial charge in [0.2, 0.25) is 5.91 Å². The van der Waals surface area contributed by atoms with E-state index in [9.17, 15) is 18.4 Å². The molecule has 0 aliphatic carbocycles. The highest BCUT2D eigenvalue weighted by molar-refractivity contribution is 6.04. The molecule has 1 aliphatic rings. The van der Waals surface area contributed by atoms with E-state index < -0.39 is 12.3 Å². The molecule has 0 saturated heterocycles. The number of aryl methyl sites for hydroxylation is 3. The van der Waals surface area contributed by atoms with Crippen molar-refractivity contribution in [2.75, 3.05) is 10.6 Å². The Labute approximate surface area is 224 Å². The molecule has 2 aromatic carbocycles. The second kappa shape index (κ2) is 11.0. The van der Waals surface area contributed by atoms with E-state index in [1.54, 1.807) is 24.1 Å². The van der Waals surface area contributed by atoms with Crippen LogP contribution in [-0.4, -0.2) is 31.9 Å². The van der Waals surface area contributed by atoms with Crippen LogP contribution in [0.2, 0.25) is 0 Å². The SMILES string of the molecule is CC(=O)N1Cc2cnc(Nc3cc(CCc4cc(NC(=O)c5cccc(C(F)F)c5)ccc4C)[nH]n3)cc2C1. The number of nitrogens with one attached hydrogen (secondary N) is 3. The van der Waals surface area contributed by atoms with Crippen LogP contribution in [0.15, 0.2) is 60.8 Å². The number of rotatable bonds is 8. The molecule has 39 heavy (non-hydrogen) atoms. The maximum absolute atomic E-state index is 13.0. The van der Waals surface area contributed by atoms with Gasteiger partial charge in [0.1, 0.15) is 5.82 Å². The zero-order valence-corrected chi connectivity index (χ0v) is 21.6. The minimum absolute atomic E-state index is 0.0421. The van der Waals surface area contributed by atoms with Crippen molar-refractivity contribution in [3.8, 4) is 0 Å². The fourth-order valence-electron chi connectivity index (χ4n) is 4.56. The highest BCUT2D eigenvalue weighted by atomic mass is 19.3. The Morgan fingerprint density at radius 3 is 2.64 bits per heavy atom. The fourth-order valence-corrected chi connectivity index (χ4v) is 4.56. The van der Waals surface area contributed by atoms with E-state index in [1.807, 2.05) is 31.2 Å². The van der Waals surface area contributed by atoms with Crippen molar-refractivity contribution in [2.24, 2.45) is 0 Å². The normalized spacial score (nSPS) is 12.5. The van der Waals surface area contributed by atoms with Crippen molar-refractivity contribution in [3.05, 3.63) is 99.9 Å². The Balaban J connectivity index is 1.20. The number of benzene rings is 2. The number of aromatic amines is 1. The molecule has 0 fully saturated rings. The van der Waals surface area contributed by atoms with Crippen molar-refractivity contribution < 1.29 is 18.4 Å². The first-order chi connectivity index (χ1) is 18.7. The number of fused-ring (bicyclic) bond motifs is 1. The fraction of sp³-hybridized carbons (Fsp3) is 0.241. The van der Waals surface area contributed by atoms with E-state index in [2.05, 4.69) is 25.8 Å². The molecule has 0 bridgehead atoms. The number of hydrogen-bond donors (Lipinski definition) is 3. The average molecular weight is 531 g/mol. The molecule has 2 aromatic heterocycles. The van der Waals surface area contributed by atoms with E-state index in [4.69, 9.17) is 0 Å². The molecule has 0 saturated carbocycles. The summed E-state index contributed by atoms with van der Waals surface area (Å²) in [6.45, 7) is 4.73. The number of aromatic nitrogens is 3. The number of amides is 2. The first-order valence-corrected chi connectivity index (χ1v) is 12.6. The van der Waals surface area contributed by atoms with Gasteiger partial charge in [-0.25, -0.2) is 13.8 Å². The van der Waals surface area contributed by atoms with Crippen molar-refractivity contribution in [1.82, 2.24) is 20.1 Å². The first-order valence-electron chi connectivity index (χ1n) is 12.6. The number of nitrogens with zero attached hydrogens (tertiary/aromatic N) is 3. The smallest absolute Gasteiger partial charge is 0.263 e. The number of pyridine rings is 1. The van der Waals surface area contributed by atoms with Crippen LogP contribution in [0.25, 0.3) is 0 Å². The Morgan fingerprint density at radius 2 is 1.85 bits per heavy atom. The minimum Gasteiger partial charge on any atom is -0.334 e. The molecule has 0 unspecified atom stereocenters. The van der Waals surface area contributed by atoms with Crippen LogP contribution in [0.5, 0.6) is 0 Å². The third kappa shape index (κ3) is 6.11. The van der Waals surface area contributed by atoms with Crippen LogP contribution in [0.4, 0.5) is 26.1 Å². The Bertz CT molecular complexity index is 1530. The molecule has 3 N–H and O–H groups in total. The molecule has 3 heterocycles. The minimum atomic E-state index is -2.63. The van der Waals surface area contributed by atoms with Gasteiger partial charge in [-0.2, -0.15) is 5.10 Å². The van der Waals surface area contributed by atoms with Gasteiger partial charge in [0.15, 0.2) is 5.82 Å². The second-order valence-corrected chi connectivity index (χ2v) is 9.64. The molecule has 0 spiro atoms. The molecule has 4 aromatic rings. The third-order valence-corrected chi connectivity index (χ3v) is 6.81. The molecule has 2 amide bonds. The molecule has 1 aliphatic heterocycles. The zero-order chi connectivity index (χ0) is 27.5. The first kappa shape index (κ1) is 26.0. The average Bonchev–Trinajstić information content (AvgIpc) is 3.55. The lowest BCUT2D eigenvalue weighted by Gasteiger charge is -2.11. The summed E-state index contributed by atoms with van der Waals surface area (Å²) in [5.74, 6) is 0.907. The quantitative estimate of drug-likeness (QED) is 0.271. The van der Waals surface area contributed by atoms with Crippen LogP contribution < -0.4 is 10.6 Å². The van der Waals surface area contributed by atoms with Crippen molar-refractivity contribution in [2.45, 2.75) is 46.2 Å². The summed E-state index contributed by atoms with van der Waals surface area (Å²) in [6.07, 6.45) is 0.549. The maximum Gasteiger partial charge on any atom is 0.263 e. The number of halogens is 2. The topological polar surface area (TPSA) is 103 Å². The van der Waals surface area contributed by atoms with E-state index in [-0.39, 0.29) is 17.0 Å². The molecule has 10 heteroatoms. The number of carbonyl (C=O) groups is 2. The lowest BCUT2D eigenvalue weighted by atomic mass is 10.0. The van der Waals surface area contributed by atoms with Crippen LogP contribution in [0, 0.1) is 6.92 Å². The monoisotopic (exact) mass is 530 g/mol. The molecular formula is C29H28F2N6O2. The zero-order valence-electron chi connectivity index (χ0n) is 21.6. The molecule has 0 radical (unpaired) electrons. The lowest BCUT2D eigenvalue weighted by Crippen LogP contribution is -2.21. The lowest BCUT2D eigenvalue weighted by molar-refractivity contribution is -0.129. The maximum atomic E-state index is 13.0. The summed E-state index contributed by atoms with van der Waals surface area (Å²) >= 11 is 0. The highest BCUT2D eigenvalue weighted by Crippen LogP contribution is 2.26. The van der Waals surface area contributed by atoms with Crippen LogP contribution in [0.1, 0.15) is 57.2 Å². The van der Waals surface area contributed by atoms with Gasteiger partial charge in [0, 0.05) is 54.8 Å². The largest absolute Gasteiger partial charge is 0.334 e. The summed E-state index contributed by atoms with van der Waals surface area (Å²) in [7, 11) is 0. The van der Waals surface area contributed by atoms with Crippen LogP contribution in [0.3, 0.4) is 0 Å². The van der Waals surface area contributed by atoms with Gasteiger partial charge < -0.3 is 15.5 Å². The number of anilines is 3. The standard InChI is InChI=1S/C29H28F2N6O2/c1-17-6-8-24(33-29(39)21-5-3-4-20(10-21)28(30)31)11-19(17)7-9-25-13-27(36-35-25)34-26-12-22-15-37(18(2)38)16-23(22)14-32-26/h3-6,8,10-14,28H,7,9,15-16H2,1-2H3,(H,33,39)(H2,32,34,35,36). The number of carbonyl (C=O) groups excluding carboxylic acids is 2. The number of alkyl halides is 2. The van der Waals surface area contributed by atoms with Crippen molar-refractivity contribution in [3.63, 3.8) is 0 Å². The van der Waals surface area contributed by atoms with E-state index in [1.165, 1.54) is 24.3 Å². The molecule has 5 rings (SSSR count). The summed E-state index contributed by atoms with van der Waals surface area (Å²) in [5, 5.41) is 13.4. The van der Waals surface area contributed by atoms with Gasteiger partial charge in [-0.05, 0) is 72.4 Å². The molecular weight excluding hydrogens is 502 g/mol. The van der Waals surface area contributed by atoms with Gasteiger partial charge >= 0.3 is 0 Å². The van der Waals surface area contributed by atoms with Gasteiger partial charge in [-0.15, -0.1) is 0 Å². The number of hydrogen-bond acceptors (Lipinski definition) is 5. The summed E-state index contributed by atoms with van der Waals surface area (Å²) in [5.41, 5.74) is 5.77. The summed E-state index contributed by atoms with van der Waals surface area (Å²) in [6, 6.07) is 15.0. The molecule has 200 valence electrons. The van der Waals surface area contributed by atoms with E-state index >= 15 is 0 Å². The second-order valence-electron chi connectivity index (χ2n) is 9.64. The van der Waals surface area contributed by atoms with E-state index in [0.717, 1.165) is 27.9 Å². The summed E-state index contributed by atoms with van der Waals surface area (Å²) < 4.78 is 26.0. The van der Waals surface area contributed by atoms with Crippen molar-refractivity contribution in [1.29, 1.82) is 0 Å². The molecule has 8 nitrogen and oxygen atoms in total. The van der Waals surface area contributed by atoms with Gasteiger partial charge in [-0.1, -0.05) is 18.2 Å². The summed E-state index contributed by atoms with van der Waals surface area (Å²) in [4.78, 5) is 30.5. The third-order valence-electron chi connectivity index (χ3n) is 6.81. The molecule has 0 atom stereocenters. The Hall–Kier alpha value is -4.60. The van der Waals surface area contributed by atoms with E-state index in [0.29, 0.717) is 43.3 Å². The van der Waals surface area contributed by atoms with Crippen molar-refractivity contribution >= 4 is 29.1 Å². The predicted molar refractivity (Wildman–Crippen MR) is 144 cm³/mol.